The molecule has 1 rings (SSSR count). The minimum absolute atomic E-state index is 0.359. The van der Waals surface area contributed by atoms with E-state index in [0.717, 1.165) is 6.07 Å². The fraction of sp³-hybridized carbons (Fsp3) is 0.143. The molecule has 0 fully saturated rings. The van der Waals surface area contributed by atoms with Gasteiger partial charge >= 0.3 is 6.36 Å². The molecule has 0 saturated carbocycles. The summed E-state index contributed by atoms with van der Waals surface area (Å²) in [4.78, 5) is -0.673. The largest absolute Gasteiger partial charge is 0.573 e. The Labute approximate surface area is 87.7 Å². The van der Waals surface area contributed by atoms with Gasteiger partial charge in [-0.3, -0.25) is 0 Å². The number of sulfonamides is 1. The summed E-state index contributed by atoms with van der Waals surface area (Å²) in [5, 5.41) is 4.65. The Morgan fingerprint density at radius 2 is 1.81 bits per heavy atom. The molecule has 16 heavy (non-hydrogen) atoms. The number of benzene rings is 1. The SMILES string of the molecule is NS(=O)(=O)c1ccc(F)c(OC(F)(F)F)c1. The topological polar surface area (TPSA) is 69.4 Å². The summed E-state index contributed by atoms with van der Waals surface area (Å²) in [5.74, 6) is -2.59. The molecule has 0 saturated heterocycles. The Morgan fingerprint density at radius 3 is 2.25 bits per heavy atom. The van der Waals surface area contributed by atoms with Gasteiger partial charge in [0.05, 0.1) is 4.90 Å². The molecule has 0 heterocycles. The van der Waals surface area contributed by atoms with Crippen LogP contribution in [0.15, 0.2) is 23.1 Å². The highest BCUT2D eigenvalue weighted by Crippen LogP contribution is 2.27. The van der Waals surface area contributed by atoms with Gasteiger partial charge in [-0.1, -0.05) is 0 Å². The van der Waals surface area contributed by atoms with E-state index in [-0.39, 0.29) is 0 Å². The van der Waals surface area contributed by atoms with Crippen molar-refractivity contribution >= 4 is 10.0 Å². The predicted molar refractivity (Wildman–Crippen MR) is 44.5 cm³/mol. The van der Waals surface area contributed by atoms with Gasteiger partial charge in [-0.15, -0.1) is 13.2 Å². The van der Waals surface area contributed by atoms with E-state index in [1.54, 1.807) is 0 Å². The molecule has 4 nitrogen and oxygen atoms in total. The van der Waals surface area contributed by atoms with E-state index in [4.69, 9.17) is 0 Å². The second kappa shape index (κ2) is 3.91. The molecule has 90 valence electrons. The average Bonchev–Trinajstić information content (AvgIpc) is 2.04. The number of nitrogens with two attached hydrogens (primary N) is 1. The Balaban J connectivity index is 3.20. The van der Waals surface area contributed by atoms with Gasteiger partial charge < -0.3 is 4.74 Å². The van der Waals surface area contributed by atoms with Crippen molar-refractivity contribution in [3.05, 3.63) is 24.0 Å². The van der Waals surface area contributed by atoms with Crippen molar-refractivity contribution in [2.45, 2.75) is 11.3 Å². The van der Waals surface area contributed by atoms with Crippen molar-refractivity contribution in [2.24, 2.45) is 5.14 Å². The number of hydrogen-bond donors (Lipinski definition) is 1. The van der Waals surface area contributed by atoms with E-state index >= 15 is 0 Å². The van der Waals surface area contributed by atoms with Gasteiger partial charge in [0.1, 0.15) is 0 Å². The van der Waals surface area contributed by atoms with Gasteiger partial charge in [0.25, 0.3) is 0 Å². The molecule has 0 aromatic heterocycles. The van der Waals surface area contributed by atoms with E-state index in [9.17, 15) is 26.0 Å². The minimum atomic E-state index is -5.11. The van der Waals surface area contributed by atoms with Gasteiger partial charge in [-0.2, -0.15) is 0 Å². The Hall–Kier alpha value is -1.35. The third-order valence-corrected chi connectivity index (χ3v) is 2.37. The molecule has 0 atom stereocenters. The van der Waals surface area contributed by atoms with Crippen molar-refractivity contribution < 1.29 is 30.7 Å². The van der Waals surface area contributed by atoms with Crippen molar-refractivity contribution in [2.75, 3.05) is 0 Å². The lowest BCUT2D eigenvalue weighted by molar-refractivity contribution is -0.275. The van der Waals surface area contributed by atoms with Crippen LogP contribution in [-0.4, -0.2) is 14.8 Å². The van der Waals surface area contributed by atoms with Gasteiger partial charge in [-0.05, 0) is 12.1 Å². The first-order chi connectivity index (χ1) is 7.09. The van der Waals surface area contributed by atoms with Gasteiger partial charge in [0.15, 0.2) is 11.6 Å². The summed E-state index contributed by atoms with van der Waals surface area (Å²) < 4.78 is 73.0. The van der Waals surface area contributed by atoms with Crippen LogP contribution >= 0.6 is 0 Å². The molecule has 0 amide bonds. The van der Waals surface area contributed by atoms with Crippen molar-refractivity contribution in [3.8, 4) is 5.75 Å². The second-order valence-corrected chi connectivity index (χ2v) is 4.25. The number of hydrogen-bond acceptors (Lipinski definition) is 3. The summed E-state index contributed by atoms with van der Waals surface area (Å²) in [6.07, 6.45) is -5.11. The first-order valence-corrected chi connectivity index (χ1v) is 5.22. The average molecular weight is 259 g/mol. The second-order valence-electron chi connectivity index (χ2n) is 2.69. The quantitative estimate of drug-likeness (QED) is 0.815. The van der Waals surface area contributed by atoms with Crippen LogP contribution in [0.2, 0.25) is 0 Å². The van der Waals surface area contributed by atoms with Crippen LogP contribution in [-0.2, 0) is 10.0 Å². The van der Waals surface area contributed by atoms with Crippen molar-refractivity contribution in [1.82, 2.24) is 0 Å². The summed E-state index contributed by atoms with van der Waals surface area (Å²) in [7, 11) is -4.21. The van der Waals surface area contributed by atoms with Crippen LogP contribution in [0.1, 0.15) is 0 Å². The fourth-order valence-corrected chi connectivity index (χ4v) is 1.39. The number of rotatable bonds is 2. The van der Waals surface area contributed by atoms with Gasteiger partial charge in [0.2, 0.25) is 10.0 Å². The molecular formula is C7H5F4NO3S. The molecule has 0 unspecified atom stereocenters. The van der Waals surface area contributed by atoms with Crippen LogP contribution in [0.25, 0.3) is 0 Å². The van der Waals surface area contributed by atoms with Gasteiger partial charge in [0, 0.05) is 6.07 Å². The standard InChI is InChI=1S/C7H5F4NO3S/c8-5-2-1-4(16(12,13)14)3-6(5)15-7(9,10)11/h1-3H,(H2,12,13,14). The third-order valence-electron chi connectivity index (χ3n) is 1.46. The normalized spacial score (nSPS) is 12.6. The zero-order chi connectivity index (χ0) is 12.6. The van der Waals surface area contributed by atoms with Crippen molar-refractivity contribution in [3.63, 3.8) is 0 Å². The highest BCUT2D eigenvalue weighted by atomic mass is 32.2. The number of halogens is 4. The lowest BCUT2D eigenvalue weighted by Crippen LogP contribution is -2.19. The molecule has 0 aliphatic carbocycles. The van der Waals surface area contributed by atoms with E-state index < -0.39 is 32.8 Å². The van der Waals surface area contributed by atoms with Crippen LogP contribution in [0.5, 0.6) is 5.75 Å². The van der Waals surface area contributed by atoms with E-state index in [1.807, 2.05) is 0 Å². The molecule has 2 N–H and O–H groups in total. The molecule has 0 aliphatic heterocycles. The van der Waals surface area contributed by atoms with Crippen LogP contribution in [0, 0.1) is 5.82 Å². The Kier molecular flexibility index (Phi) is 3.10. The van der Waals surface area contributed by atoms with E-state index in [0.29, 0.717) is 12.1 Å². The van der Waals surface area contributed by atoms with Crippen LogP contribution in [0.4, 0.5) is 17.6 Å². The summed E-state index contributed by atoms with van der Waals surface area (Å²) >= 11 is 0. The zero-order valence-electron chi connectivity index (χ0n) is 7.45. The van der Waals surface area contributed by atoms with E-state index in [1.165, 1.54) is 0 Å². The number of primary sulfonamides is 1. The lowest BCUT2D eigenvalue weighted by Gasteiger charge is -2.10. The van der Waals surface area contributed by atoms with E-state index in [2.05, 4.69) is 9.88 Å². The fourth-order valence-electron chi connectivity index (χ4n) is 0.864. The van der Waals surface area contributed by atoms with Gasteiger partial charge in [-0.25, -0.2) is 17.9 Å². The maximum absolute atomic E-state index is 12.8. The number of alkyl halides is 3. The highest BCUT2D eigenvalue weighted by Gasteiger charge is 2.32. The maximum atomic E-state index is 12.8. The first kappa shape index (κ1) is 12.7. The summed E-state index contributed by atoms with van der Waals surface area (Å²) in [5.41, 5.74) is 0. The molecule has 0 radical (unpaired) electrons. The molecule has 1 aromatic carbocycles. The Bertz CT molecular complexity index is 497. The van der Waals surface area contributed by atoms with Crippen molar-refractivity contribution in [1.29, 1.82) is 0 Å². The third kappa shape index (κ3) is 3.35. The predicted octanol–water partition coefficient (Wildman–Crippen LogP) is 1.37. The molecule has 1 aromatic rings. The maximum Gasteiger partial charge on any atom is 0.573 e. The molecular weight excluding hydrogens is 254 g/mol. The molecule has 9 heteroatoms. The lowest BCUT2D eigenvalue weighted by atomic mass is 10.3. The van der Waals surface area contributed by atoms with Crippen LogP contribution in [0.3, 0.4) is 0 Å². The van der Waals surface area contributed by atoms with Crippen LogP contribution < -0.4 is 9.88 Å². The first-order valence-electron chi connectivity index (χ1n) is 3.68. The summed E-state index contributed by atoms with van der Waals surface area (Å²) in [6.45, 7) is 0. The highest BCUT2D eigenvalue weighted by molar-refractivity contribution is 7.89. The Morgan fingerprint density at radius 1 is 1.25 bits per heavy atom. The molecule has 0 spiro atoms. The smallest absolute Gasteiger partial charge is 0.403 e. The molecule has 0 bridgehead atoms. The minimum Gasteiger partial charge on any atom is -0.403 e. The monoisotopic (exact) mass is 259 g/mol. The zero-order valence-corrected chi connectivity index (χ0v) is 8.27. The summed E-state index contributed by atoms with van der Waals surface area (Å²) in [6, 6.07) is 1.60. The molecule has 0 aliphatic rings. The number of ether oxygens (including phenoxy) is 1.